The van der Waals surface area contributed by atoms with E-state index in [0.29, 0.717) is 5.00 Å². The molecule has 3 N–H and O–H groups in total. The number of carboxylic acids is 1. The number of rotatable bonds is 8. The minimum atomic E-state index is -1.14. The molecule has 9 heteroatoms. The summed E-state index contributed by atoms with van der Waals surface area (Å²) in [5.41, 5.74) is 4.58. The first-order valence-electron chi connectivity index (χ1n) is 10.6. The molecule has 0 fully saturated rings. The zero-order valence-corrected chi connectivity index (χ0v) is 18.8. The van der Waals surface area contributed by atoms with Crippen molar-refractivity contribution in [1.29, 1.82) is 5.26 Å². The van der Waals surface area contributed by atoms with E-state index in [2.05, 4.69) is 10.6 Å². The normalized spacial score (nSPS) is 12.7. The highest BCUT2D eigenvalue weighted by Crippen LogP contribution is 2.44. The van der Waals surface area contributed by atoms with Crippen LogP contribution in [0.2, 0.25) is 0 Å². The number of carboxylic acid groups (broad SMARTS) is 1. The molecule has 0 bridgehead atoms. The maximum atomic E-state index is 12.7. The molecule has 172 valence electrons. The van der Waals surface area contributed by atoms with Crippen LogP contribution < -0.4 is 10.6 Å². The number of alkyl carbamates (subject to hydrolysis) is 1. The SMILES string of the molecule is N#Cc1ccsc1NC(=O)C(CCC(=O)O)NC(=O)OCC1c2ccccc2-c2ccccc21. The van der Waals surface area contributed by atoms with E-state index < -0.39 is 24.0 Å². The Morgan fingerprint density at radius 1 is 1.06 bits per heavy atom. The van der Waals surface area contributed by atoms with Crippen LogP contribution in [0, 0.1) is 11.3 Å². The highest BCUT2D eigenvalue weighted by molar-refractivity contribution is 7.14. The minimum Gasteiger partial charge on any atom is -0.481 e. The Labute approximate surface area is 199 Å². The number of amides is 2. The van der Waals surface area contributed by atoms with Gasteiger partial charge >= 0.3 is 12.1 Å². The van der Waals surface area contributed by atoms with Crippen molar-refractivity contribution < 1.29 is 24.2 Å². The summed E-state index contributed by atoms with van der Waals surface area (Å²) in [4.78, 5) is 36.4. The number of hydrogen-bond donors (Lipinski definition) is 3. The number of hydrogen-bond acceptors (Lipinski definition) is 6. The van der Waals surface area contributed by atoms with Gasteiger partial charge in [-0.3, -0.25) is 9.59 Å². The third-order valence-electron chi connectivity index (χ3n) is 5.62. The molecule has 1 heterocycles. The number of nitriles is 1. The molecule has 1 aliphatic carbocycles. The summed E-state index contributed by atoms with van der Waals surface area (Å²) in [6.07, 6.45) is -1.27. The predicted molar refractivity (Wildman–Crippen MR) is 127 cm³/mol. The Hall–Kier alpha value is -4.16. The molecular weight excluding hydrogens is 454 g/mol. The van der Waals surface area contributed by atoms with E-state index in [0.717, 1.165) is 33.6 Å². The van der Waals surface area contributed by atoms with Gasteiger partial charge in [0, 0.05) is 12.3 Å². The lowest BCUT2D eigenvalue weighted by molar-refractivity contribution is -0.137. The average molecular weight is 476 g/mol. The molecule has 0 radical (unpaired) electrons. The summed E-state index contributed by atoms with van der Waals surface area (Å²) in [5.74, 6) is -1.86. The van der Waals surface area contributed by atoms with E-state index in [1.165, 1.54) is 0 Å². The second-order valence-electron chi connectivity index (χ2n) is 7.72. The molecule has 1 unspecified atom stereocenters. The Bertz CT molecular complexity index is 1230. The molecule has 1 aliphatic rings. The van der Waals surface area contributed by atoms with Crippen LogP contribution in [0.5, 0.6) is 0 Å². The van der Waals surface area contributed by atoms with E-state index in [4.69, 9.17) is 15.1 Å². The van der Waals surface area contributed by atoms with Gasteiger partial charge in [0.1, 0.15) is 23.7 Å². The van der Waals surface area contributed by atoms with Gasteiger partial charge in [0.25, 0.3) is 0 Å². The number of benzene rings is 2. The van der Waals surface area contributed by atoms with Gasteiger partial charge in [-0.05, 0) is 40.1 Å². The number of carbonyl (C=O) groups excluding carboxylic acids is 2. The highest BCUT2D eigenvalue weighted by Gasteiger charge is 2.30. The van der Waals surface area contributed by atoms with Gasteiger partial charge in [-0.15, -0.1) is 11.3 Å². The van der Waals surface area contributed by atoms with E-state index in [9.17, 15) is 14.4 Å². The molecule has 0 aliphatic heterocycles. The highest BCUT2D eigenvalue weighted by atomic mass is 32.1. The Morgan fingerprint density at radius 2 is 1.71 bits per heavy atom. The average Bonchev–Trinajstić information content (AvgIpc) is 3.42. The first kappa shape index (κ1) is 23.0. The molecule has 34 heavy (non-hydrogen) atoms. The molecule has 2 amide bonds. The number of nitrogens with one attached hydrogen (secondary N) is 2. The summed E-state index contributed by atoms with van der Waals surface area (Å²) in [6, 6.07) is 18.2. The predicted octanol–water partition coefficient (Wildman–Crippen LogP) is 4.33. The molecule has 3 aromatic rings. The van der Waals surface area contributed by atoms with Crippen molar-refractivity contribution in [1.82, 2.24) is 5.32 Å². The first-order chi connectivity index (χ1) is 16.5. The van der Waals surface area contributed by atoms with Crippen LogP contribution in [0.1, 0.15) is 35.4 Å². The van der Waals surface area contributed by atoms with E-state index >= 15 is 0 Å². The standard InChI is InChI=1S/C25H21N3O5S/c26-13-15-11-12-34-24(15)28-23(31)21(9-10-22(29)30)27-25(32)33-14-20-18-7-3-1-5-16(18)17-6-2-4-8-19(17)20/h1-8,11-12,20-21H,9-10,14H2,(H,27,32)(H,28,31)(H,29,30). The number of anilines is 1. The van der Waals surface area contributed by atoms with Crippen molar-refractivity contribution in [3.05, 3.63) is 76.7 Å². The maximum Gasteiger partial charge on any atom is 0.407 e. The van der Waals surface area contributed by atoms with Crippen LogP contribution in [-0.4, -0.2) is 35.7 Å². The van der Waals surface area contributed by atoms with Crippen molar-refractivity contribution in [3.63, 3.8) is 0 Å². The van der Waals surface area contributed by atoms with Gasteiger partial charge in [-0.2, -0.15) is 5.26 Å². The maximum absolute atomic E-state index is 12.7. The van der Waals surface area contributed by atoms with Crippen LogP contribution in [0.15, 0.2) is 60.0 Å². The molecule has 0 saturated carbocycles. The number of fused-ring (bicyclic) bond motifs is 3. The van der Waals surface area contributed by atoms with Crippen molar-refractivity contribution in [2.75, 3.05) is 11.9 Å². The van der Waals surface area contributed by atoms with Crippen LogP contribution in [-0.2, 0) is 14.3 Å². The zero-order chi connectivity index (χ0) is 24.1. The number of thiophene rings is 1. The molecule has 8 nitrogen and oxygen atoms in total. The van der Waals surface area contributed by atoms with Crippen LogP contribution in [0.3, 0.4) is 0 Å². The smallest absolute Gasteiger partial charge is 0.407 e. The first-order valence-corrected chi connectivity index (χ1v) is 11.5. The third kappa shape index (κ3) is 4.92. The fourth-order valence-corrected chi connectivity index (χ4v) is 4.75. The lowest BCUT2D eigenvalue weighted by Crippen LogP contribution is -2.44. The van der Waals surface area contributed by atoms with Crippen LogP contribution in [0.4, 0.5) is 9.80 Å². The van der Waals surface area contributed by atoms with Gasteiger partial charge in [-0.25, -0.2) is 4.79 Å². The van der Waals surface area contributed by atoms with E-state index in [1.54, 1.807) is 11.4 Å². The van der Waals surface area contributed by atoms with Gasteiger partial charge < -0.3 is 20.5 Å². The van der Waals surface area contributed by atoms with E-state index in [1.807, 2.05) is 54.6 Å². The molecule has 0 saturated heterocycles. The van der Waals surface area contributed by atoms with Crippen molar-refractivity contribution in [2.24, 2.45) is 0 Å². The topological polar surface area (TPSA) is 129 Å². The summed E-state index contributed by atoms with van der Waals surface area (Å²) in [7, 11) is 0. The van der Waals surface area contributed by atoms with Crippen molar-refractivity contribution in [3.8, 4) is 17.2 Å². The Morgan fingerprint density at radius 3 is 2.32 bits per heavy atom. The summed E-state index contributed by atoms with van der Waals surface area (Å²) in [6.45, 7) is 0.0661. The number of ether oxygens (including phenoxy) is 1. The fourth-order valence-electron chi connectivity index (χ4n) is 4.01. The largest absolute Gasteiger partial charge is 0.481 e. The minimum absolute atomic E-state index is 0.0661. The quantitative estimate of drug-likeness (QED) is 0.445. The molecule has 1 atom stereocenters. The molecule has 0 spiro atoms. The molecular formula is C25H21N3O5S. The number of aliphatic carboxylic acids is 1. The molecule has 2 aromatic carbocycles. The summed E-state index contributed by atoms with van der Waals surface area (Å²) in [5, 5.41) is 25.2. The monoisotopic (exact) mass is 475 g/mol. The fraction of sp³-hybridized carbons (Fsp3) is 0.200. The second kappa shape index (κ2) is 10.2. The Balaban J connectivity index is 1.43. The summed E-state index contributed by atoms with van der Waals surface area (Å²) < 4.78 is 5.48. The second-order valence-corrected chi connectivity index (χ2v) is 8.64. The van der Waals surface area contributed by atoms with Gasteiger partial charge in [0.15, 0.2) is 0 Å². The van der Waals surface area contributed by atoms with Crippen LogP contribution in [0.25, 0.3) is 11.1 Å². The van der Waals surface area contributed by atoms with Gasteiger partial charge in [0.05, 0.1) is 5.56 Å². The molecule has 1 aromatic heterocycles. The third-order valence-corrected chi connectivity index (χ3v) is 6.45. The Kier molecular flexibility index (Phi) is 6.90. The number of carbonyl (C=O) groups is 3. The lowest BCUT2D eigenvalue weighted by atomic mass is 9.98. The summed E-state index contributed by atoms with van der Waals surface area (Å²) >= 11 is 1.16. The van der Waals surface area contributed by atoms with Crippen molar-refractivity contribution in [2.45, 2.75) is 24.8 Å². The van der Waals surface area contributed by atoms with Gasteiger partial charge in [-0.1, -0.05) is 48.5 Å². The van der Waals surface area contributed by atoms with Crippen LogP contribution >= 0.6 is 11.3 Å². The van der Waals surface area contributed by atoms with Gasteiger partial charge in [0.2, 0.25) is 5.91 Å². The lowest BCUT2D eigenvalue weighted by Gasteiger charge is -2.19. The van der Waals surface area contributed by atoms with Crippen molar-refractivity contribution >= 4 is 34.3 Å². The molecule has 4 rings (SSSR count). The number of nitrogens with zero attached hydrogens (tertiary/aromatic N) is 1. The zero-order valence-electron chi connectivity index (χ0n) is 18.0. The van der Waals surface area contributed by atoms with E-state index in [-0.39, 0.29) is 30.9 Å².